The number of carbonyl (C=O) groups is 1. The van der Waals surface area contributed by atoms with Crippen molar-refractivity contribution in [1.29, 1.82) is 0 Å². The van der Waals surface area contributed by atoms with E-state index >= 15 is 0 Å². The number of aromatic nitrogens is 1. The minimum absolute atomic E-state index is 0.00993. The van der Waals surface area contributed by atoms with Crippen LogP contribution in [0.1, 0.15) is 49.2 Å². The molecule has 0 aliphatic carbocycles. The van der Waals surface area contributed by atoms with Gasteiger partial charge in [0, 0.05) is 28.5 Å². The van der Waals surface area contributed by atoms with Crippen molar-refractivity contribution >= 4 is 21.9 Å². The molecule has 0 saturated heterocycles. The minimum Gasteiger partial charge on any atom is -0.493 e. The smallest absolute Gasteiger partial charge is 0.343 e. The van der Waals surface area contributed by atoms with Gasteiger partial charge in [0.2, 0.25) is 0 Å². The predicted octanol–water partition coefficient (Wildman–Crippen LogP) is 5.31. The van der Waals surface area contributed by atoms with Gasteiger partial charge in [-0.05, 0) is 51.0 Å². The highest BCUT2D eigenvalue weighted by molar-refractivity contribution is 9.10. The van der Waals surface area contributed by atoms with Gasteiger partial charge in [0.25, 0.3) is 0 Å². The molecule has 0 N–H and O–H groups in total. The van der Waals surface area contributed by atoms with Gasteiger partial charge in [-0.25, -0.2) is 4.79 Å². The van der Waals surface area contributed by atoms with Gasteiger partial charge in [-0.1, -0.05) is 46.3 Å². The van der Waals surface area contributed by atoms with Crippen LogP contribution in [0.25, 0.3) is 0 Å². The van der Waals surface area contributed by atoms with Gasteiger partial charge in [-0.2, -0.15) is 0 Å². The Hall–Kier alpha value is -3.26. The summed E-state index contributed by atoms with van der Waals surface area (Å²) in [6, 6.07) is 15.1. The lowest BCUT2D eigenvalue weighted by molar-refractivity contribution is 0.0523. The molecule has 0 bridgehead atoms. The molecular weight excluding hydrogens is 512 g/mol. The molecular formula is C27H31BrN2O5. The van der Waals surface area contributed by atoms with Crippen molar-refractivity contribution in [1.82, 2.24) is 4.68 Å². The lowest BCUT2D eigenvalue weighted by atomic mass is 10.1. The molecule has 3 rings (SSSR count). The molecule has 35 heavy (non-hydrogen) atoms. The van der Waals surface area contributed by atoms with Gasteiger partial charge in [-0.3, -0.25) is 9.47 Å². The fourth-order valence-electron chi connectivity index (χ4n) is 3.52. The second kappa shape index (κ2) is 11.4. The van der Waals surface area contributed by atoms with Crippen LogP contribution < -0.4 is 19.9 Å². The number of ether oxygens (including phenoxy) is 3. The van der Waals surface area contributed by atoms with E-state index in [1.807, 2.05) is 47.5 Å². The fourth-order valence-corrected chi connectivity index (χ4v) is 3.97. The largest absolute Gasteiger partial charge is 0.493 e. The van der Waals surface area contributed by atoms with Gasteiger partial charge in [0.1, 0.15) is 12.2 Å². The predicted molar refractivity (Wildman–Crippen MR) is 140 cm³/mol. The van der Waals surface area contributed by atoms with Crippen molar-refractivity contribution < 1.29 is 19.0 Å². The van der Waals surface area contributed by atoms with Gasteiger partial charge in [0.05, 0.1) is 20.3 Å². The molecule has 0 amide bonds. The van der Waals surface area contributed by atoms with Crippen LogP contribution in [0.4, 0.5) is 0 Å². The third-order valence-corrected chi connectivity index (χ3v) is 6.08. The van der Waals surface area contributed by atoms with Gasteiger partial charge in [-0.15, -0.1) is 0 Å². The first-order chi connectivity index (χ1) is 16.6. The highest BCUT2D eigenvalue weighted by Gasteiger charge is 2.25. The van der Waals surface area contributed by atoms with E-state index in [2.05, 4.69) is 36.7 Å². The molecule has 2 aromatic carbocycles. The quantitative estimate of drug-likeness (QED) is 0.341. The van der Waals surface area contributed by atoms with E-state index in [0.717, 1.165) is 15.6 Å². The standard InChI is InChI=1S/C27H31BrN2O5/c1-6-34-26(32)21-17-29(13-12-23(21)31)30(27(2,3)4)16-20-14-25(24(33-5)15-22(20)28)35-18-19-10-8-7-9-11-19/h7-15,17H,6,16,18H2,1-5H3. The van der Waals surface area contributed by atoms with Crippen LogP contribution in [-0.2, 0) is 17.9 Å². The van der Waals surface area contributed by atoms with Gasteiger partial charge in [0.15, 0.2) is 16.9 Å². The number of esters is 1. The number of nitrogens with zero attached hydrogens (tertiary/aromatic N) is 2. The van der Waals surface area contributed by atoms with Crippen LogP contribution in [0.5, 0.6) is 11.5 Å². The third kappa shape index (κ3) is 6.66. The summed E-state index contributed by atoms with van der Waals surface area (Å²) in [7, 11) is 1.61. The Bertz CT molecular complexity index is 1220. The molecule has 1 aromatic heterocycles. The fraction of sp³-hybridized carbons (Fsp3) is 0.333. The molecule has 8 heteroatoms. The first-order valence-electron chi connectivity index (χ1n) is 11.3. The third-order valence-electron chi connectivity index (χ3n) is 5.34. The van der Waals surface area contributed by atoms with Crippen molar-refractivity contribution in [2.75, 3.05) is 18.7 Å². The lowest BCUT2D eigenvalue weighted by Crippen LogP contribution is -2.49. The molecule has 3 aromatic rings. The topological polar surface area (TPSA) is 70.0 Å². The van der Waals surface area contributed by atoms with Gasteiger partial charge < -0.3 is 19.2 Å². The average molecular weight is 543 g/mol. The number of pyridine rings is 1. The van der Waals surface area contributed by atoms with Crippen LogP contribution in [0, 0.1) is 0 Å². The van der Waals surface area contributed by atoms with Crippen molar-refractivity contribution in [2.45, 2.75) is 46.4 Å². The zero-order valence-electron chi connectivity index (χ0n) is 20.7. The molecule has 186 valence electrons. The Balaban J connectivity index is 1.96. The van der Waals surface area contributed by atoms with E-state index in [1.54, 1.807) is 24.9 Å². The molecule has 0 aliphatic rings. The summed E-state index contributed by atoms with van der Waals surface area (Å²) in [6.45, 7) is 8.93. The molecule has 0 fully saturated rings. The normalized spacial score (nSPS) is 11.1. The maximum absolute atomic E-state index is 12.3. The van der Waals surface area contributed by atoms with Crippen LogP contribution in [-0.4, -0.2) is 29.9 Å². The van der Waals surface area contributed by atoms with E-state index in [0.29, 0.717) is 24.7 Å². The highest BCUT2D eigenvalue weighted by atomic mass is 79.9. The number of carbonyl (C=O) groups excluding carboxylic acids is 1. The molecule has 0 saturated carbocycles. The second-order valence-corrected chi connectivity index (χ2v) is 9.77. The Morgan fingerprint density at radius 1 is 1.09 bits per heavy atom. The van der Waals surface area contributed by atoms with E-state index in [1.165, 1.54) is 12.3 Å². The summed E-state index contributed by atoms with van der Waals surface area (Å²) in [5.74, 6) is 0.602. The first-order valence-corrected chi connectivity index (χ1v) is 12.1. The van der Waals surface area contributed by atoms with E-state index in [9.17, 15) is 9.59 Å². The number of hydrogen-bond donors (Lipinski definition) is 0. The number of rotatable bonds is 9. The summed E-state index contributed by atoms with van der Waals surface area (Å²) in [4.78, 5) is 24.6. The Morgan fingerprint density at radius 2 is 1.80 bits per heavy atom. The Labute approximate surface area is 214 Å². The summed E-state index contributed by atoms with van der Waals surface area (Å²) in [6.07, 6.45) is 3.18. The molecule has 0 atom stereocenters. The van der Waals surface area contributed by atoms with E-state index in [-0.39, 0.29) is 23.1 Å². The first kappa shape index (κ1) is 26.3. The Morgan fingerprint density at radius 3 is 2.43 bits per heavy atom. The Kier molecular flexibility index (Phi) is 8.62. The zero-order valence-corrected chi connectivity index (χ0v) is 22.3. The van der Waals surface area contributed by atoms with Crippen molar-refractivity contribution in [2.24, 2.45) is 0 Å². The molecule has 7 nitrogen and oxygen atoms in total. The van der Waals surface area contributed by atoms with E-state index in [4.69, 9.17) is 14.2 Å². The number of methoxy groups -OCH3 is 1. The van der Waals surface area contributed by atoms with Crippen LogP contribution >= 0.6 is 15.9 Å². The summed E-state index contributed by atoms with van der Waals surface area (Å²) < 4.78 is 19.3. The monoisotopic (exact) mass is 542 g/mol. The number of benzene rings is 2. The molecule has 0 radical (unpaired) electrons. The SMILES string of the molecule is CCOC(=O)c1cn(N(Cc2cc(OCc3ccccc3)c(OC)cc2Br)C(C)(C)C)ccc1=O. The zero-order chi connectivity index (χ0) is 25.6. The number of halogens is 1. The lowest BCUT2D eigenvalue weighted by Gasteiger charge is -2.39. The van der Waals surface area contributed by atoms with Crippen LogP contribution in [0.3, 0.4) is 0 Å². The van der Waals surface area contributed by atoms with Crippen molar-refractivity contribution in [3.05, 3.63) is 92.3 Å². The second-order valence-electron chi connectivity index (χ2n) is 8.92. The van der Waals surface area contributed by atoms with Gasteiger partial charge >= 0.3 is 5.97 Å². The summed E-state index contributed by atoms with van der Waals surface area (Å²) in [5.41, 5.74) is 1.25. The number of hydrogen-bond acceptors (Lipinski definition) is 6. The van der Waals surface area contributed by atoms with Crippen LogP contribution in [0.2, 0.25) is 0 Å². The maximum Gasteiger partial charge on any atom is 0.343 e. The molecule has 0 spiro atoms. The van der Waals surface area contributed by atoms with Crippen molar-refractivity contribution in [3.8, 4) is 11.5 Å². The highest BCUT2D eigenvalue weighted by Crippen LogP contribution is 2.35. The van der Waals surface area contributed by atoms with E-state index < -0.39 is 5.97 Å². The van der Waals surface area contributed by atoms with Crippen LogP contribution in [0.15, 0.2) is 70.2 Å². The van der Waals surface area contributed by atoms with Crippen molar-refractivity contribution in [3.63, 3.8) is 0 Å². The summed E-state index contributed by atoms with van der Waals surface area (Å²) >= 11 is 3.66. The molecule has 0 unspecified atom stereocenters. The minimum atomic E-state index is -0.636. The summed E-state index contributed by atoms with van der Waals surface area (Å²) in [5, 5.41) is 2.04. The molecule has 0 aliphatic heterocycles. The maximum atomic E-state index is 12.3. The average Bonchev–Trinajstić information content (AvgIpc) is 2.82. The molecule has 1 heterocycles.